The number of hydrogen-bond acceptors (Lipinski definition) is 5. The molecule has 0 radical (unpaired) electrons. The molecule has 2 amide bonds. The minimum Gasteiger partial charge on any atom is -0.489 e. The third-order valence-corrected chi connectivity index (χ3v) is 4.69. The third-order valence-electron chi connectivity index (χ3n) is 4.69. The van der Waals surface area contributed by atoms with Gasteiger partial charge in [0.05, 0.1) is 6.20 Å². The van der Waals surface area contributed by atoms with Crippen molar-refractivity contribution in [2.75, 3.05) is 13.1 Å². The molecule has 0 spiro atoms. The van der Waals surface area contributed by atoms with Crippen LogP contribution in [0.4, 0.5) is 18.0 Å². The van der Waals surface area contributed by atoms with Gasteiger partial charge in [0.2, 0.25) is 5.91 Å². The Hall–Kier alpha value is -2.52. The fourth-order valence-corrected chi connectivity index (χ4v) is 3.15. The van der Waals surface area contributed by atoms with Crippen molar-refractivity contribution < 1.29 is 32.2 Å². The van der Waals surface area contributed by atoms with Gasteiger partial charge in [0.1, 0.15) is 29.2 Å². The van der Waals surface area contributed by atoms with Gasteiger partial charge in [-0.3, -0.25) is 4.79 Å². The van der Waals surface area contributed by atoms with Crippen LogP contribution in [0.15, 0.2) is 18.3 Å². The first kappa shape index (κ1) is 24.7. The summed E-state index contributed by atoms with van der Waals surface area (Å²) >= 11 is 0. The Morgan fingerprint density at radius 3 is 2.23 bits per heavy atom. The SMILES string of the molecule is CC(C)[C@H](NC(=O)OC(C)(C)C)C(=O)N1CCC(Oc2ccc(C(F)(F)F)nc2)CC1. The minimum atomic E-state index is -4.50. The van der Waals surface area contributed by atoms with Crippen molar-refractivity contribution >= 4 is 12.0 Å². The van der Waals surface area contributed by atoms with Crippen molar-refractivity contribution in [3.8, 4) is 5.75 Å². The second kappa shape index (κ2) is 9.74. The number of alkyl halides is 3. The maximum Gasteiger partial charge on any atom is 0.433 e. The van der Waals surface area contributed by atoms with E-state index in [1.54, 1.807) is 25.7 Å². The van der Waals surface area contributed by atoms with Gasteiger partial charge >= 0.3 is 12.3 Å². The number of pyridine rings is 1. The number of nitrogens with one attached hydrogen (secondary N) is 1. The van der Waals surface area contributed by atoms with Crippen LogP contribution in [-0.4, -0.2) is 52.7 Å². The van der Waals surface area contributed by atoms with E-state index >= 15 is 0 Å². The van der Waals surface area contributed by atoms with E-state index in [0.717, 1.165) is 12.3 Å². The molecule has 10 heteroatoms. The number of carbonyl (C=O) groups is 2. The number of halogens is 3. The summed E-state index contributed by atoms with van der Waals surface area (Å²) in [6.45, 7) is 9.75. The molecule has 0 aliphatic carbocycles. The zero-order valence-corrected chi connectivity index (χ0v) is 18.5. The van der Waals surface area contributed by atoms with Crippen molar-refractivity contribution in [3.63, 3.8) is 0 Å². The molecular weight excluding hydrogens is 415 g/mol. The lowest BCUT2D eigenvalue weighted by atomic mass is 10.0. The Bertz CT molecular complexity index is 753. The highest BCUT2D eigenvalue weighted by Crippen LogP contribution is 2.29. The number of piperidine rings is 1. The van der Waals surface area contributed by atoms with Gasteiger partial charge in [-0.1, -0.05) is 13.8 Å². The molecule has 0 bridgehead atoms. The maximum atomic E-state index is 12.9. The highest BCUT2D eigenvalue weighted by Gasteiger charge is 2.34. The lowest BCUT2D eigenvalue weighted by Crippen LogP contribution is -2.54. The summed E-state index contributed by atoms with van der Waals surface area (Å²) < 4.78 is 48.8. The molecule has 1 atom stereocenters. The van der Waals surface area contributed by atoms with E-state index in [2.05, 4.69) is 10.3 Å². The van der Waals surface area contributed by atoms with Gasteiger partial charge in [-0.05, 0) is 38.8 Å². The zero-order chi connectivity index (χ0) is 23.4. The summed E-state index contributed by atoms with van der Waals surface area (Å²) in [5, 5.41) is 2.65. The summed E-state index contributed by atoms with van der Waals surface area (Å²) in [7, 11) is 0. The number of hydrogen-bond donors (Lipinski definition) is 1. The smallest absolute Gasteiger partial charge is 0.433 e. The van der Waals surface area contributed by atoms with Gasteiger partial charge in [0.25, 0.3) is 0 Å². The third kappa shape index (κ3) is 7.59. The monoisotopic (exact) mass is 445 g/mol. The molecule has 1 aromatic heterocycles. The summed E-state index contributed by atoms with van der Waals surface area (Å²) in [5.41, 5.74) is -1.64. The van der Waals surface area contributed by atoms with Crippen molar-refractivity contribution in [1.82, 2.24) is 15.2 Å². The number of alkyl carbamates (subject to hydrolysis) is 1. The highest BCUT2D eigenvalue weighted by atomic mass is 19.4. The molecule has 2 heterocycles. The second-order valence-corrected chi connectivity index (χ2v) is 8.89. The largest absolute Gasteiger partial charge is 0.489 e. The van der Waals surface area contributed by atoms with E-state index in [1.165, 1.54) is 6.07 Å². The molecular formula is C21H30F3N3O4. The predicted octanol–water partition coefficient (Wildman–Crippen LogP) is 4.02. The first-order chi connectivity index (χ1) is 14.3. The molecule has 2 rings (SSSR count). The second-order valence-electron chi connectivity index (χ2n) is 8.89. The van der Waals surface area contributed by atoms with Crippen LogP contribution in [0.3, 0.4) is 0 Å². The topological polar surface area (TPSA) is 80.8 Å². The number of likely N-dealkylation sites (tertiary alicyclic amines) is 1. The lowest BCUT2D eigenvalue weighted by Gasteiger charge is -2.35. The summed E-state index contributed by atoms with van der Waals surface area (Å²) in [6, 6.07) is 1.41. The first-order valence-corrected chi connectivity index (χ1v) is 10.2. The van der Waals surface area contributed by atoms with Crippen LogP contribution >= 0.6 is 0 Å². The van der Waals surface area contributed by atoms with E-state index in [9.17, 15) is 22.8 Å². The molecule has 174 valence electrons. The zero-order valence-electron chi connectivity index (χ0n) is 18.5. The van der Waals surface area contributed by atoms with Crippen molar-refractivity contribution in [3.05, 3.63) is 24.0 Å². The Morgan fingerprint density at radius 2 is 1.77 bits per heavy atom. The molecule has 1 N–H and O–H groups in total. The van der Waals surface area contributed by atoms with E-state index in [0.29, 0.717) is 25.9 Å². The van der Waals surface area contributed by atoms with Crippen LogP contribution < -0.4 is 10.1 Å². The number of nitrogens with zero attached hydrogens (tertiary/aromatic N) is 2. The number of rotatable bonds is 5. The van der Waals surface area contributed by atoms with Crippen molar-refractivity contribution in [2.24, 2.45) is 5.92 Å². The maximum absolute atomic E-state index is 12.9. The molecule has 1 fully saturated rings. The average molecular weight is 445 g/mol. The summed E-state index contributed by atoms with van der Waals surface area (Å²) in [4.78, 5) is 30.1. The molecule has 0 unspecified atom stereocenters. The first-order valence-electron chi connectivity index (χ1n) is 10.2. The van der Waals surface area contributed by atoms with Gasteiger partial charge < -0.3 is 19.7 Å². The van der Waals surface area contributed by atoms with Crippen LogP contribution in [-0.2, 0) is 15.7 Å². The number of carbonyl (C=O) groups excluding carboxylic acids is 2. The molecule has 0 saturated carbocycles. The van der Waals surface area contributed by atoms with E-state index in [-0.39, 0.29) is 23.7 Å². The Kier molecular flexibility index (Phi) is 7.77. The summed E-state index contributed by atoms with van der Waals surface area (Å²) in [5.74, 6) is -0.0767. The van der Waals surface area contributed by atoms with Gasteiger partial charge in [0.15, 0.2) is 0 Å². The Balaban J connectivity index is 1.90. The summed E-state index contributed by atoms with van der Waals surface area (Å²) in [6.07, 6.45) is -3.29. The lowest BCUT2D eigenvalue weighted by molar-refractivity contribution is -0.141. The standard InChI is InChI=1S/C21H30F3N3O4/c1-13(2)17(26-19(29)31-20(3,4)5)18(28)27-10-8-14(9-11-27)30-15-6-7-16(25-12-15)21(22,23)24/h6-7,12-14,17H,8-11H2,1-5H3,(H,26,29)/t17-/m0/s1. The van der Waals surface area contributed by atoms with Crippen LogP contribution in [0.5, 0.6) is 5.75 Å². The number of amides is 2. The molecule has 0 aromatic carbocycles. The van der Waals surface area contributed by atoms with Crippen LogP contribution in [0.25, 0.3) is 0 Å². The molecule has 31 heavy (non-hydrogen) atoms. The molecule has 1 aromatic rings. The predicted molar refractivity (Wildman–Crippen MR) is 107 cm³/mol. The van der Waals surface area contributed by atoms with Crippen LogP contribution in [0.1, 0.15) is 53.2 Å². The van der Waals surface area contributed by atoms with E-state index in [1.807, 2.05) is 13.8 Å². The highest BCUT2D eigenvalue weighted by molar-refractivity contribution is 5.86. The van der Waals surface area contributed by atoms with Crippen molar-refractivity contribution in [1.29, 1.82) is 0 Å². The molecule has 1 aliphatic rings. The number of ether oxygens (including phenoxy) is 2. The fraction of sp³-hybridized carbons (Fsp3) is 0.667. The molecule has 1 aliphatic heterocycles. The van der Waals surface area contributed by atoms with Gasteiger partial charge in [-0.25, -0.2) is 9.78 Å². The van der Waals surface area contributed by atoms with E-state index < -0.39 is 29.6 Å². The Labute approximate surface area is 180 Å². The van der Waals surface area contributed by atoms with Gasteiger partial charge in [-0.15, -0.1) is 0 Å². The Morgan fingerprint density at radius 1 is 1.16 bits per heavy atom. The quantitative estimate of drug-likeness (QED) is 0.741. The van der Waals surface area contributed by atoms with Crippen LogP contribution in [0.2, 0.25) is 0 Å². The van der Waals surface area contributed by atoms with Gasteiger partial charge in [-0.2, -0.15) is 13.2 Å². The molecule has 1 saturated heterocycles. The van der Waals surface area contributed by atoms with Crippen molar-refractivity contribution in [2.45, 2.75) is 71.4 Å². The molecule has 7 nitrogen and oxygen atoms in total. The van der Waals surface area contributed by atoms with Gasteiger partial charge in [0, 0.05) is 25.9 Å². The number of aromatic nitrogens is 1. The minimum absolute atomic E-state index is 0.132. The fourth-order valence-electron chi connectivity index (χ4n) is 3.15. The van der Waals surface area contributed by atoms with E-state index in [4.69, 9.17) is 9.47 Å². The van der Waals surface area contributed by atoms with Crippen LogP contribution in [0, 0.1) is 5.92 Å². The average Bonchev–Trinajstić information content (AvgIpc) is 2.64. The normalized spacial score (nSPS) is 16.7.